The monoisotopic (exact) mass is 244 g/mol. The van der Waals surface area contributed by atoms with E-state index < -0.39 is 0 Å². The minimum absolute atomic E-state index is 0.0185. The van der Waals surface area contributed by atoms with Crippen molar-refractivity contribution in [3.05, 3.63) is 69.7 Å². The number of carbonyl (C=O) groups excluding carboxylic acids is 1. The van der Waals surface area contributed by atoms with Crippen molar-refractivity contribution in [1.29, 1.82) is 0 Å². The van der Waals surface area contributed by atoms with E-state index >= 15 is 0 Å². The van der Waals surface area contributed by atoms with Gasteiger partial charge in [0.05, 0.1) is 0 Å². The van der Waals surface area contributed by atoms with Gasteiger partial charge < -0.3 is 0 Å². The Balaban J connectivity index is 2.44. The van der Waals surface area contributed by atoms with E-state index in [0.717, 1.165) is 11.1 Å². The van der Waals surface area contributed by atoms with Crippen LogP contribution in [0.25, 0.3) is 0 Å². The van der Waals surface area contributed by atoms with Crippen LogP contribution in [0.4, 0.5) is 0 Å². The zero-order valence-electron chi connectivity index (χ0n) is 9.83. The second-order valence-electron chi connectivity index (χ2n) is 4.11. The molecule has 17 heavy (non-hydrogen) atoms. The first-order chi connectivity index (χ1) is 8.09. The Morgan fingerprint density at radius 1 is 1.00 bits per heavy atom. The van der Waals surface area contributed by atoms with Gasteiger partial charge in [-0.15, -0.1) is 0 Å². The molecule has 86 valence electrons. The molecule has 0 aliphatic heterocycles. The number of rotatable bonds is 2. The maximum atomic E-state index is 12.3. The van der Waals surface area contributed by atoms with Gasteiger partial charge in [-0.2, -0.15) is 0 Å². The zero-order chi connectivity index (χ0) is 12.4. The van der Waals surface area contributed by atoms with Crippen LogP contribution in [0.2, 0.25) is 5.02 Å². The number of halogens is 1. The Hall–Kier alpha value is -1.60. The topological polar surface area (TPSA) is 17.1 Å². The summed E-state index contributed by atoms with van der Waals surface area (Å²) in [6.07, 6.45) is 0. The average molecular weight is 245 g/mol. The van der Waals surface area contributed by atoms with Gasteiger partial charge in [-0.1, -0.05) is 53.6 Å². The Morgan fingerprint density at radius 2 is 1.65 bits per heavy atom. The van der Waals surface area contributed by atoms with E-state index in [2.05, 4.69) is 0 Å². The molecule has 0 saturated carbocycles. The summed E-state index contributed by atoms with van der Waals surface area (Å²) in [6, 6.07) is 13.0. The number of hydrogen-bond donors (Lipinski definition) is 0. The van der Waals surface area contributed by atoms with E-state index in [0.29, 0.717) is 16.1 Å². The molecular weight excluding hydrogens is 232 g/mol. The van der Waals surface area contributed by atoms with Crippen LogP contribution in [0.1, 0.15) is 27.0 Å². The van der Waals surface area contributed by atoms with Crippen molar-refractivity contribution in [3.63, 3.8) is 0 Å². The number of ketones is 1. The molecule has 1 nitrogen and oxygen atoms in total. The second-order valence-corrected chi connectivity index (χ2v) is 4.51. The summed E-state index contributed by atoms with van der Waals surface area (Å²) in [5.74, 6) is 0.0185. The molecule has 0 atom stereocenters. The van der Waals surface area contributed by atoms with E-state index in [-0.39, 0.29) is 5.78 Å². The lowest BCUT2D eigenvalue weighted by atomic mass is 9.98. The molecule has 0 unspecified atom stereocenters. The van der Waals surface area contributed by atoms with E-state index in [1.165, 1.54) is 0 Å². The fourth-order valence-corrected chi connectivity index (χ4v) is 1.89. The van der Waals surface area contributed by atoms with Gasteiger partial charge in [0.2, 0.25) is 0 Å². The van der Waals surface area contributed by atoms with Crippen molar-refractivity contribution in [1.82, 2.24) is 0 Å². The maximum absolute atomic E-state index is 12.3. The first kappa shape index (κ1) is 11.9. The van der Waals surface area contributed by atoms with Crippen LogP contribution in [0.3, 0.4) is 0 Å². The first-order valence-corrected chi connectivity index (χ1v) is 5.84. The smallest absolute Gasteiger partial charge is 0.193 e. The molecule has 0 bridgehead atoms. The molecular formula is C15H13ClO. The highest BCUT2D eigenvalue weighted by molar-refractivity contribution is 6.32. The molecule has 0 heterocycles. The van der Waals surface area contributed by atoms with Crippen LogP contribution >= 0.6 is 11.6 Å². The summed E-state index contributed by atoms with van der Waals surface area (Å²) < 4.78 is 0. The molecule has 0 radical (unpaired) electrons. The molecule has 0 aliphatic carbocycles. The zero-order valence-corrected chi connectivity index (χ0v) is 10.6. The summed E-state index contributed by atoms with van der Waals surface area (Å²) in [4.78, 5) is 12.3. The lowest BCUT2D eigenvalue weighted by Gasteiger charge is -2.06. The minimum atomic E-state index is 0.0185. The molecule has 2 aromatic rings. The van der Waals surface area contributed by atoms with E-state index in [9.17, 15) is 4.79 Å². The highest BCUT2D eigenvalue weighted by Crippen LogP contribution is 2.21. The molecule has 2 aromatic carbocycles. The van der Waals surface area contributed by atoms with Crippen molar-refractivity contribution < 1.29 is 4.79 Å². The standard InChI is InChI=1S/C15H13ClO/c1-10-6-8-12(9-7-10)15(17)13-4-3-5-14(16)11(13)2/h3-9H,1-2H3. The molecule has 0 aromatic heterocycles. The summed E-state index contributed by atoms with van der Waals surface area (Å²) in [7, 11) is 0. The Labute approximate surface area is 106 Å². The van der Waals surface area contributed by atoms with Gasteiger partial charge in [0.1, 0.15) is 0 Å². The first-order valence-electron chi connectivity index (χ1n) is 5.46. The van der Waals surface area contributed by atoms with Crippen LogP contribution in [0, 0.1) is 13.8 Å². The van der Waals surface area contributed by atoms with Crippen molar-refractivity contribution in [2.75, 3.05) is 0 Å². The van der Waals surface area contributed by atoms with Gasteiger partial charge in [-0.05, 0) is 25.5 Å². The third-order valence-corrected chi connectivity index (χ3v) is 3.24. The van der Waals surface area contributed by atoms with Crippen molar-refractivity contribution >= 4 is 17.4 Å². The van der Waals surface area contributed by atoms with Gasteiger partial charge in [0.25, 0.3) is 0 Å². The lowest BCUT2D eigenvalue weighted by molar-refractivity contribution is 0.103. The fraction of sp³-hybridized carbons (Fsp3) is 0.133. The lowest BCUT2D eigenvalue weighted by Crippen LogP contribution is -2.03. The Morgan fingerprint density at radius 3 is 2.29 bits per heavy atom. The number of carbonyl (C=O) groups is 1. The van der Waals surface area contributed by atoms with Gasteiger partial charge in [-0.25, -0.2) is 0 Å². The Kier molecular flexibility index (Phi) is 3.30. The summed E-state index contributed by atoms with van der Waals surface area (Å²) in [5, 5.41) is 0.628. The molecule has 0 amide bonds. The van der Waals surface area contributed by atoms with Crippen LogP contribution in [0.5, 0.6) is 0 Å². The third kappa shape index (κ3) is 2.40. The second kappa shape index (κ2) is 4.72. The summed E-state index contributed by atoms with van der Waals surface area (Å²) in [6.45, 7) is 3.86. The van der Waals surface area contributed by atoms with Crippen LogP contribution in [-0.2, 0) is 0 Å². The van der Waals surface area contributed by atoms with E-state index in [4.69, 9.17) is 11.6 Å². The molecule has 2 rings (SSSR count). The third-order valence-electron chi connectivity index (χ3n) is 2.83. The van der Waals surface area contributed by atoms with Gasteiger partial charge >= 0.3 is 0 Å². The number of aryl methyl sites for hydroxylation is 1. The molecule has 0 N–H and O–H groups in total. The van der Waals surface area contributed by atoms with E-state index in [1.54, 1.807) is 12.1 Å². The SMILES string of the molecule is Cc1ccc(C(=O)c2cccc(Cl)c2C)cc1. The quantitative estimate of drug-likeness (QED) is 0.724. The number of hydrogen-bond acceptors (Lipinski definition) is 1. The van der Waals surface area contributed by atoms with Crippen molar-refractivity contribution in [3.8, 4) is 0 Å². The van der Waals surface area contributed by atoms with Crippen LogP contribution < -0.4 is 0 Å². The predicted octanol–water partition coefficient (Wildman–Crippen LogP) is 4.19. The van der Waals surface area contributed by atoms with Crippen molar-refractivity contribution in [2.24, 2.45) is 0 Å². The van der Waals surface area contributed by atoms with Gasteiger partial charge in [0, 0.05) is 16.1 Å². The molecule has 0 fully saturated rings. The van der Waals surface area contributed by atoms with Crippen molar-refractivity contribution in [2.45, 2.75) is 13.8 Å². The highest BCUT2D eigenvalue weighted by Gasteiger charge is 2.12. The predicted molar refractivity (Wildman–Crippen MR) is 70.8 cm³/mol. The average Bonchev–Trinajstić information content (AvgIpc) is 2.33. The van der Waals surface area contributed by atoms with Crippen LogP contribution in [0.15, 0.2) is 42.5 Å². The summed E-state index contributed by atoms with van der Waals surface area (Å²) >= 11 is 6.02. The summed E-state index contributed by atoms with van der Waals surface area (Å²) in [5.41, 5.74) is 3.34. The maximum Gasteiger partial charge on any atom is 0.193 e. The Bertz CT molecular complexity index is 556. The largest absolute Gasteiger partial charge is 0.289 e. The van der Waals surface area contributed by atoms with Gasteiger partial charge in [0.15, 0.2) is 5.78 Å². The molecule has 0 spiro atoms. The molecule has 2 heteroatoms. The number of benzene rings is 2. The normalized spacial score (nSPS) is 10.3. The molecule has 0 saturated heterocycles. The molecule has 0 aliphatic rings. The van der Waals surface area contributed by atoms with E-state index in [1.807, 2.05) is 44.2 Å². The van der Waals surface area contributed by atoms with Crippen LogP contribution in [-0.4, -0.2) is 5.78 Å². The fourth-order valence-electron chi connectivity index (χ4n) is 1.71. The minimum Gasteiger partial charge on any atom is -0.289 e. The van der Waals surface area contributed by atoms with Gasteiger partial charge in [-0.3, -0.25) is 4.79 Å². The highest BCUT2D eigenvalue weighted by atomic mass is 35.5.